The van der Waals surface area contributed by atoms with Gasteiger partial charge in [0.05, 0.1) is 5.75 Å². The summed E-state index contributed by atoms with van der Waals surface area (Å²) in [6.07, 6.45) is 3.77. The predicted octanol–water partition coefficient (Wildman–Crippen LogP) is -0.390. The number of rotatable bonds is 6. The second-order valence-electron chi connectivity index (χ2n) is 4.36. The fraction of sp³-hybridized carbons (Fsp3) is 1.00. The molecule has 0 aromatic carbocycles. The summed E-state index contributed by atoms with van der Waals surface area (Å²) in [5.41, 5.74) is 0. The van der Waals surface area contributed by atoms with Gasteiger partial charge < -0.3 is 10.2 Å². The largest absolute Gasteiger partial charge is 0.314 e. The maximum atomic E-state index is 11.2. The fourth-order valence-corrected chi connectivity index (χ4v) is 2.60. The highest BCUT2D eigenvalue weighted by molar-refractivity contribution is 7.89. The van der Waals surface area contributed by atoms with Gasteiger partial charge in [0.1, 0.15) is 0 Å². The summed E-state index contributed by atoms with van der Waals surface area (Å²) in [7, 11) is 0.521. The molecule has 2 N–H and O–H groups in total. The second-order valence-corrected chi connectivity index (χ2v) is 6.40. The van der Waals surface area contributed by atoms with Gasteiger partial charge in [-0.1, -0.05) is 6.42 Å². The van der Waals surface area contributed by atoms with Crippen LogP contribution >= 0.6 is 0 Å². The van der Waals surface area contributed by atoms with Gasteiger partial charge in [-0.2, -0.15) is 0 Å². The van der Waals surface area contributed by atoms with Crippen molar-refractivity contribution >= 4 is 10.0 Å². The van der Waals surface area contributed by atoms with E-state index in [1.165, 1.54) is 26.3 Å². The molecule has 1 rings (SSSR count). The molecule has 1 unspecified atom stereocenters. The van der Waals surface area contributed by atoms with Crippen LogP contribution in [0.25, 0.3) is 0 Å². The van der Waals surface area contributed by atoms with E-state index in [-0.39, 0.29) is 5.75 Å². The normalized spacial score (nSPS) is 23.5. The number of likely N-dealkylation sites (tertiary alicyclic amines) is 1. The van der Waals surface area contributed by atoms with E-state index in [0.717, 1.165) is 13.1 Å². The Morgan fingerprint density at radius 2 is 2.12 bits per heavy atom. The molecule has 0 aromatic heterocycles. The molecule has 0 radical (unpaired) electrons. The van der Waals surface area contributed by atoms with Crippen molar-refractivity contribution in [3.63, 3.8) is 0 Å². The minimum atomic E-state index is -3.06. The van der Waals surface area contributed by atoms with Crippen LogP contribution in [0.4, 0.5) is 0 Å². The minimum absolute atomic E-state index is 0.153. The zero-order valence-corrected chi connectivity index (χ0v) is 11.0. The summed E-state index contributed by atoms with van der Waals surface area (Å²) < 4.78 is 24.6. The number of sulfonamides is 1. The van der Waals surface area contributed by atoms with Crippen molar-refractivity contribution in [1.82, 2.24) is 14.9 Å². The lowest BCUT2D eigenvalue weighted by Crippen LogP contribution is -2.44. The van der Waals surface area contributed by atoms with Crippen LogP contribution in [0, 0.1) is 0 Å². The molecule has 1 atom stereocenters. The number of nitrogens with zero attached hydrogens (tertiary/aromatic N) is 1. The summed E-state index contributed by atoms with van der Waals surface area (Å²) in [4.78, 5) is 2.35. The summed E-state index contributed by atoms with van der Waals surface area (Å²) in [6.45, 7) is 2.56. The first-order valence-electron chi connectivity index (χ1n) is 5.87. The van der Waals surface area contributed by atoms with Gasteiger partial charge in [0, 0.05) is 19.1 Å². The van der Waals surface area contributed by atoms with Crippen molar-refractivity contribution in [2.75, 3.05) is 39.5 Å². The second kappa shape index (κ2) is 6.54. The third-order valence-electron chi connectivity index (χ3n) is 3.16. The van der Waals surface area contributed by atoms with Crippen LogP contribution in [0.3, 0.4) is 0 Å². The van der Waals surface area contributed by atoms with Gasteiger partial charge in [0.2, 0.25) is 10.0 Å². The highest BCUT2D eigenvalue weighted by atomic mass is 32.2. The topological polar surface area (TPSA) is 61.4 Å². The maximum absolute atomic E-state index is 11.2. The van der Waals surface area contributed by atoms with Crippen molar-refractivity contribution in [3.05, 3.63) is 0 Å². The van der Waals surface area contributed by atoms with Gasteiger partial charge in [-0.3, -0.25) is 0 Å². The Balaban J connectivity index is 2.15. The van der Waals surface area contributed by atoms with Crippen molar-refractivity contribution in [1.29, 1.82) is 0 Å². The molecule has 1 fully saturated rings. The lowest BCUT2D eigenvalue weighted by molar-refractivity contribution is 0.182. The zero-order valence-electron chi connectivity index (χ0n) is 10.2. The summed E-state index contributed by atoms with van der Waals surface area (Å²) >= 11 is 0. The van der Waals surface area contributed by atoms with E-state index in [4.69, 9.17) is 0 Å². The Hall–Kier alpha value is -0.170. The van der Waals surface area contributed by atoms with E-state index in [9.17, 15) is 8.42 Å². The van der Waals surface area contributed by atoms with Crippen molar-refractivity contribution in [2.24, 2.45) is 0 Å². The van der Waals surface area contributed by atoms with E-state index in [0.29, 0.717) is 12.6 Å². The van der Waals surface area contributed by atoms with Gasteiger partial charge >= 0.3 is 0 Å². The van der Waals surface area contributed by atoms with Crippen LogP contribution in [0.1, 0.15) is 19.3 Å². The molecule has 96 valence electrons. The Morgan fingerprint density at radius 3 is 2.75 bits per heavy atom. The molecule has 0 bridgehead atoms. The molecule has 0 aliphatic carbocycles. The molecular formula is C10H23N3O2S. The first-order chi connectivity index (χ1) is 7.55. The van der Waals surface area contributed by atoms with Crippen LogP contribution in [-0.4, -0.2) is 58.8 Å². The Labute approximate surface area is 98.6 Å². The quantitative estimate of drug-likeness (QED) is 0.629. The van der Waals surface area contributed by atoms with Crippen LogP contribution in [-0.2, 0) is 10.0 Å². The first kappa shape index (κ1) is 13.9. The number of hydrogen-bond acceptors (Lipinski definition) is 4. The molecule has 0 saturated carbocycles. The van der Waals surface area contributed by atoms with Gasteiger partial charge in [0.25, 0.3) is 0 Å². The van der Waals surface area contributed by atoms with E-state index < -0.39 is 10.0 Å². The average Bonchev–Trinajstić information content (AvgIpc) is 2.27. The molecule has 0 aromatic rings. The van der Waals surface area contributed by atoms with Crippen molar-refractivity contribution in [2.45, 2.75) is 25.3 Å². The van der Waals surface area contributed by atoms with Crippen LogP contribution in [0.2, 0.25) is 0 Å². The van der Waals surface area contributed by atoms with E-state index in [1.807, 2.05) is 0 Å². The average molecular weight is 249 g/mol. The first-order valence-corrected chi connectivity index (χ1v) is 7.52. The van der Waals surface area contributed by atoms with Gasteiger partial charge in [-0.05, 0) is 33.5 Å². The molecular weight excluding hydrogens is 226 g/mol. The van der Waals surface area contributed by atoms with Gasteiger partial charge in [-0.25, -0.2) is 13.1 Å². The third-order valence-corrected chi connectivity index (χ3v) is 4.52. The molecule has 1 saturated heterocycles. The highest BCUT2D eigenvalue weighted by Crippen LogP contribution is 2.13. The molecule has 5 nitrogen and oxygen atoms in total. The van der Waals surface area contributed by atoms with E-state index in [2.05, 4.69) is 22.0 Å². The fourth-order valence-electron chi connectivity index (χ4n) is 1.98. The summed E-state index contributed by atoms with van der Waals surface area (Å²) in [6, 6.07) is 0.561. The highest BCUT2D eigenvalue weighted by Gasteiger charge is 2.18. The molecule has 1 aliphatic rings. The molecule has 1 aliphatic heterocycles. The van der Waals surface area contributed by atoms with Crippen molar-refractivity contribution < 1.29 is 8.42 Å². The lowest BCUT2D eigenvalue weighted by Gasteiger charge is -2.32. The number of hydrogen-bond donors (Lipinski definition) is 2. The van der Waals surface area contributed by atoms with Gasteiger partial charge in [-0.15, -0.1) is 0 Å². The molecule has 0 spiro atoms. The van der Waals surface area contributed by atoms with E-state index in [1.54, 1.807) is 0 Å². The van der Waals surface area contributed by atoms with Crippen LogP contribution in [0.5, 0.6) is 0 Å². The molecule has 1 heterocycles. The summed E-state index contributed by atoms with van der Waals surface area (Å²) in [5.74, 6) is 0.153. The SMILES string of the molecule is CNS(=O)(=O)CCNCC1CCCCN1C. The van der Waals surface area contributed by atoms with Crippen molar-refractivity contribution in [3.8, 4) is 0 Å². The lowest BCUT2D eigenvalue weighted by atomic mass is 10.0. The van der Waals surface area contributed by atoms with Crippen LogP contribution < -0.4 is 10.0 Å². The minimum Gasteiger partial charge on any atom is -0.314 e. The van der Waals surface area contributed by atoms with E-state index >= 15 is 0 Å². The molecule has 16 heavy (non-hydrogen) atoms. The third kappa shape index (κ3) is 4.78. The monoisotopic (exact) mass is 249 g/mol. The number of nitrogens with one attached hydrogen (secondary N) is 2. The number of piperidine rings is 1. The molecule has 6 heteroatoms. The van der Waals surface area contributed by atoms with Gasteiger partial charge in [0.15, 0.2) is 0 Å². The predicted molar refractivity (Wildman–Crippen MR) is 66.0 cm³/mol. The smallest absolute Gasteiger partial charge is 0.212 e. The standard InChI is InChI=1S/C10H23N3O2S/c1-11-16(14,15)8-6-12-9-10-5-3-4-7-13(10)2/h10-12H,3-9H2,1-2H3. The Bertz CT molecular complexity index is 292. The Kier molecular flexibility index (Phi) is 5.68. The summed E-state index contributed by atoms with van der Waals surface area (Å²) in [5, 5.41) is 3.22. The number of likely N-dealkylation sites (N-methyl/N-ethyl adjacent to an activating group) is 1. The van der Waals surface area contributed by atoms with Crippen LogP contribution in [0.15, 0.2) is 0 Å². The Morgan fingerprint density at radius 1 is 1.38 bits per heavy atom. The maximum Gasteiger partial charge on any atom is 0.212 e. The zero-order chi connectivity index (χ0) is 12.0. The molecule has 0 amide bonds.